The van der Waals surface area contributed by atoms with Gasteiger partial charge in [0.05, 0.1) is 0 Å². The Kier molecular flexibility index (Phi) is 3.60. The number of halogens is 2. The van der Waals surface area contributed by atoms with Crippen LogP contribution in [0.25, 0.3) is 0 Å². The van der Waals surface area contributed by atoms with Gasteiger partial charge in [-0.15, -0.1) is 0 Å². The summed E-state index contributed by atoms with van der Waals surface area (Å²) in [6.45, 7) is 3.75. The van der Waals surface area contributed by atoms with E-state index < -0.39 is 17.5 Å². The molecule has 0 aliphatic rings. The van der Waals surface area contributed by atoms with Crippen molar-refractivity contribution in [2.75, 3.05) is 5.32 Å². The average Bonchev–Trinajstić information content (AvgIpc) is 2.32. The monoisotopic (exact) mass is 261 g/mol. The molecule has 0 aliphatic carbocycles. The maximum atomic E-state index is 13.1. The molecule has 0 saturated heterocycles. The Balaban J connectivity index is 2.28. The van der Waals surface area contributed by atoms with Gasteiger partial charge >= 0.3 is 0 Å². The average molecular weight is 261 g/mol. The summed E-state index contributed by atoms with van der Waals surface area (Å²) >= 11 is 0. The number of aryl methyl sites for hydroxylation is 2. The molecule has 98 valence electrons. The van der Waals surface area contributed by atoms with Crippen LogP contribution in [0, 0.1) is 25.5 Å². The number of benzene rings is 2. The van der Waals surface area contributed by atoms with Crippen LogP contribution in [0.1, 0.15) is 21.5 Å². The van der Waals surface area contributed by atoms with Crippen molar-refractivity contribution in [1.82, 2.24) is 0 Å². The van der Waals surface area contributed by atoms with Crippen LogP contribution in [0.15, 0.2) is 36.4 Å². The summed E-state index contributed by atoms with van der Waals surface area (Å²) in [5, 5.41) is 2.65. The quantitative estimate of drug-likeness (QED) is 0.874. The summed E-state index contributed by atoms with van der Waals surface area (Å²) in [6.07, 6.45) is 0. The zero-order valence-corrected chi connectivity index (χ0v) is 10.6. The molecule has 0 unspecified atom stereocenters. The van der Waals surface area contributed by atoms with Gasteiger partial charge in [-0.3, -0.25) is 4.79 Å². The maximum Gasteiger partial charge on any atom is 0.255 e. The molecular weight excluding hydrogens is 248 g/mol. The van der Waals surface area contributed by atoms with Crippen molar-refractivity contribution >= 4 is 11.6 Å². The topological polar surface area (TPSA) is 29.1 Å². The summed E-state index contributed by atoms with van der Waals surface area (Å²) < 4.78 is 26.1. The molecule has 0 bridgehead atoms. The highest BCUT2D eigenvalue weighted by atomic mass is 19.1. The largest absolute Gasteiger partial charge is 0.322 e. The van der Waals surface area contributed by atoms with Gasteiger partial charge in [-0.2, -0.15) is 0 Å². The van der Waals surface area contributed by atoms with E-state index in [1.54, 1.807) is 0 Å². The van der Waals surface area contributed by atoms with Crippen LogP contribution >= 0.6 is 0 Å². The van der Waals surface area contributed by atoms with Crippen molar-refractivity contribution < 1.29 is 13.6 Å². The number of carbonyl (C=O) groups excluding carboxylic acids is 1. The zero-order chi connectivity index (χ0) is 14.0. The molecule has 0 fully saturated rings. The lowest BCUT2D eigenvalue weighted by molar-refractivity contribution is 0.102. The third-order valence-corrected chi connectivity index (χ3v) is 2.77. The highest BCUT2D eigenvalue weighted by Crippen LogP contribution is 2.18. The second-order valence-electron chi connectivity index (χ2n) is 4.43. The first-order valence-electron chi connectivity index (χ1n) is 5.80. The van der Waals surface area contributed by atoms with Crippen LogP contribution in [-0.4, -0.2) is 5.91 Å². The lowest BCUT2D eigenvalue weighted by Gasteiger charge is -2.09. The highest BCUT2D eigenvalue weighted by Gasteiger charge is 2.10. The number of nitrogens with one attached hydrogen (secondary N) is 1. The van der Waals surface area contributed by atoms with Gasteiger partial charge in [0.15, 0.2) is 0 Å². The SMILES string of the molecule is Cc1ccc(C)c(NC(=O)c2cc(F)cc(F)c2)c1. The lowest BCUT2D eigenvalue weighted by atomic mass is 10.1. The Labute approximate surface area is 110 Å². The van der Waals surface area contributed by atoms with Crippen molar-refractivity contribution in [3.63, 3.8) is 0 Å². The van der Waals surface area contributed by atoms with E-state index in [1.807, 2.05) is 32.0 Å². The summed E-state index contributed by atoms with van der Waals surface area (Å²) in [7, 11) is 0. The second kappa shape index (κ2) is 5.18. The van der Waals surface area contributed by atoms with Crippen molar-refractivity contribution in [3.8, 4) is 0 Å². The molecule has 0 atom stereocenters. The molecule has 4 heteroatoms. The van der Waals surface area contributed by atoms with Crippen LogP contribution in [0.3, 0.4) is 0 Å². The molecule has 0 radical (unpaired) electrons. The molecule has 19 heavy (non-hydrogen) atoms. The number of carbonyl (C=O) groups is 1. The van der Waals surface area contributed by atoms with E-state index in [9.17, 15) is 13.6 Å². The van der Waals surface area contributed by atoms with E-state index in [2.05, 4.69) is 5.32 Å². The van der Waals surface area contributed by atoms with E-state index in [0.717, 1.165) is 29.3 Å². The first-order chi connectivity index (χ1) is 8.95. The Morgan fingerprint density at radius 2 is 1.63 bits per heavy atom. The Morgan fingerprint density at radius 1 is 1.00 bits per heavy atom. The van der Waals surface area contributed by atoms with E-state index in [-0.39, 0.29) is 5.56 Å². The smallest absolute Gasteiger partial charge is 0.255 e. The first-order valence-corrected chi connectivity index (χ1v) is 5.80. The molecule has 2 aromatic carbocycles. The fourth-order valence-electron chi connectivity index (χ4n) is 1.75. The molecular formula is C15H13F2NO. The summed E-state index contributed by atoms with van der Waals surface area (Å²) in [4.78, 5) is 11.9. The number of anilines is 1. The van der Waals surface area contributed by atoms with E-state index in [4.69, 9.17) is 0 Å². The predicted octanol–water partition coefficient (Wildman–Crippen LogP) is 3.83. The van der Waals surface area contributed by atoms with Crippen LogP contribution in [0.2, 0.25) is 0 Å². The van der Waals surface area contributed by atoms with Crippen molar-refractivity contribution in [2.45, 2.75) is 13.8 Å². The highest BCUT2D eigenvalue weighted by molar-refractivity contribution is 6.04. The molecule has 0 saturated carbocycles. The standard InChI is InChI=1S/C15H13F2NO/c1-9-3-4-10(2)14(5-9)18-15(19)11-6-12(16)8-13(17)7-11/h3-8H,1-2H3,(H,18,19). The maximum absolute atomic E-state index is 13.1. The third-order valence-electron chi connectivity index (χ3n) is 2.77. The van der Waals surface area contributed by atoms with Crippen LogP contribution < -0.4 is 5.32 Å². The normalized spacial score (nSPS) is 10.3. The zero-order valence-electron chi connectivity index (χ0n) is 10.6. The summed E-state index contributed by atoms with van der Waals surface area (Å²) in [6, 6.07) is 8.34. The van der Waals surface area contributed by atoms with Crippen molar-refractivity contribution in [1.29, 1.82) is 0 Å². The lowest BCUT2D eigenvalue weighted by Crippen LogP contribution is -2.13. The molecule has 0 aliphatic heterocycles. The fourth-order valence-corrected chi connectivity index (χ4v) is 1.75. The molecule has 0 spiro atoms. The molecule has 2 aromatic rings. The molecule has 1 amide bonds. The molecule has 1 N–H and O–H groups in total. The number of rotatable bonds is 2. The van der Waals surface area contributed by atoms with Crippen molar-refractivity contribution in [2.24, 2.45) is 0 Å². The minimum atomic E-state index is -0.772. The second-order valence-corrected chi connectivity index (χ2v) is 4.43. The van der Waals surface area contributed by atoms with Crippen LogP contribution in [0.5, 0.6) is 0 Å². The summed E-state index contributed by atoms with van der Waals surface area (Å²) in [5.41, 5.74) is 2.47. The summed E-state index contributed by atoms with van der Waals surface area (Å²) in [5.74, 6) is -2.08. The Morgan fingerprint density at radius 3 is 2.26 bits per heavy atom. The Hall–Kier alpha value is -2.23. The molecule has 0 aromatic heterocycles. The van der Waals surface area contributed by atoms with E-state index in [0.29, 0.717) is 5.69 Å². The Bertz CT molecular complexity index is 618. The van der Waals surface area contributed by atoms with E-state index in [1.165, 1.54) is 0 Å². The number of amides is 1. The molecule has 2 nitrogen and oxygen atoms in total. The third kappa shape index (κ3) is 3.16. The fraction of sp³-hybridized carbons (Fsp3) is 0.133. The van der Waals surface area contributed by atoms with Gasteiger partial charge in [-0.1, -0.05) is 12.1 Å². The predicted molar refractivity (Wildman–Crippen MR) is 70.2 cm³/mol. The first kappa shape index (κ1) is 13.2. The van der Waals surface area contributed by atoms with Gasteiger partial charge < -0.3 is 5.32 Å². The van der Waals surface area contributed by atoms with Gasteiger partial charge in [0, 0.05) is 17.3 Å². The molecule has 0 heterocycles. The molecule has 2 rings (SSSR count). The van der Waals surface area contributed by atoms with Gasteiger partial charge in [0.1, 0.15) is 11.6 Å². The van der Waals surface area contributed by atoms with E-state index >= 15 is 0 Å². The van der Waals surface area contributed by atoms with Crippen molar-refractivity contribution in [3.05, 3.63) is 64.7 Å². The number of hydrogen-bond donors (Lipinski definition) is 1. The van der Waals surface area contributed by atoms with Gasteiger partial charge in [0.25, 0.3) is 5.91 Å². The minimum Gasteiger partial charge on any atom is -0.322 e. The van der Waals surface area contributed by atoms with Gasteiger partial charge in [-0.25, -0.2) is 8.78 Å². The van der Waals surface area contributed by atoms with Gasteiger partial charge in [0.2, 0.25) is 0 Å². The minimum absolute atomic E-state index is 0.0431. The van der Waals surface area contributed by atoms with Crippen LogP contribution in [-0.2, 0) is 0 Å². The van der Waals surface area contributed by atoms with Crippen LogP contribution in [0.4, 0.5) is 14.5 Å². The van der Waals surface area contributed by atoms with Gasteiger partial charge in [-0.05, 0) is 43.2 Å². The number of hydrogen-bond acceptors (Lipinski definition) is 1.